The molecule has 1 unspecified atom stereocenters. The van der Waals surface area contributed by atoms with Gasteiger partial charge in [0.15, 0.2) is 0 Å². The summed E-state index contributed by atoms with van der Waals surface area (Å²) in [7, 11) is 0. The van der Waals surface area contributed by atoms with Gasteiger partial charge in [-0.05, 0) is 36.3 Å². The Balaban J connectivity index is 1.65. The van der Waals surface area contributed by atoms with Crippen molar-refractivity contribution in [3.8, 4) is 0 Å². The molecule has 0 saturated carbocycles. The molecule has 4 rings (SSSR count). The third-order valence-corrected chi connectivity index (χ3v) is 5.78. The average Bonchev–Trinajstić information content (AvgIpc) is 3.16. The van der Waals surface area contributed by atoms with Crippen molar-refractivity contribution in [1.82, 2.24) is 10.2 Å². The molecule has 2 aliphatic rings. The van der Waals surface area contributed by atoms with Crippen LogP contribution in [0, 0.1) is 10.1 Å². The summed E-state index contributed by atoms with van der Waals surface area (Å²) in [6.07, 6.45) is 2.33. The Morgan fingerprint density at radius 2 is 2.16 bits per heavy atom. The molecule has 1 aliphatic carbocycles. The number of aryl methyl sites for hydroxylation is 1. The highest BCUT2D eigenvalue weighted by atomic mass is 32.1. The molecule has 1 saturated heterocycles. The van der Waals surface area contributed by atoms with E-state index in [0.29, 0.717) is 12.0 Å². The first-order valence-electron chi connectivity index (χ1n) is 7.95. The van der Waals surface area contributed by atoms with Gasteiger partial charge in [0.25, 0.3) is 11.6 Å². The monoisotopic (exact) mass is 357 g/mol. The number of carbonyl (C=O) groups excluding carboxylic acids is 2. The molecule has 3 amide bonds. The highest BCUT2D eigenvalue weighted by molar-refractivity contribution is 7.10. The number of carbonyl (C=O) groups is 2. The first-order chi connectivity index (χ1) is 12.0. The number of non-ortho nitro benzene ring substituents is 1. The van der Waals surface area contributed by atoms with E-state index in [0.717, 1.165) is 28.2 Å². The number of rotatable bonds is 3. The molecule has 25 heavy (non-hydrogen) atoms. The molecule has 1 atom stereocenters. The lowest BCUT2D eigenvalue weighted by molar-refractivity contribution is -0.384. The summed E-state index contributed by atoms with van der Waals surface area (Å²) in [4.78, 5) is 38.3. The van der Waals surface area contributed by atoms with E-state index in [9.17, 15) is 19.7 Å². The summed E-state index contributed by atoms with van der Waals surface area (Å²) in [5, 5.41) is 15.7. The Morgan fingerprint density at radius 1 is 1.32 bits per heavy atom. The zero-order valence-corrected chi connectivity index (χ0v) is 14.0. The number of nitro groups is 1. The van der Waals surface area contributed by atoms with Crippen molar-refractivity contribution in [3.63, 3.8) is 0 Å². The fraction of sp³-hybridized carbons (Fsp3) is 0.294. The third-order valence-electron chi connectivity index (χ3n) is 4.80. The standard InChI is InChI=1S/C17H15N3O4S/c21-15-17(7-2-5-14-13(17)6-8-25-14)18-16(22)19(15)10-11-3-1-4-12(9-11)20(23)24/h1,3-4,6,8-9H,2,5,7,10H2,(H,18,22). The van der Waals surface area contributed by atoms with E-state index in [2.05, 4.69) is 5.32 Å². The van der Waals surface area contributed by atoms with Crippen LogP contribution in [-0.4, -0.2) is 21.8 Å². The normalized spacial score (nSPS) is 22.2. The van der Waals surface area contributed by atoms with E-state index in [1.54, 1.807) is 23.5 Å². The predicted molar refractivity (Wildman–Crippen MR) is 91.1 cm³/mol. The highest BCUT2D eigenvalue weighted by Crippen LogP contribution is 2.42. The van der Waals surface area contributed by atoms with E-state index >= 15 is 0 Å². The van der Waals surface area contributed by atoms with Gasteiger partial charge in [-0.15, -0.1) is 11.3 Å². The molecule has 1 aromatic carbocycles. The Morgan fingerprint density at radius 3 is 2.96 bits per heavy atom. The first kappa shape index (κ1) is 15.8. The number of thiophene rings is 1. The van der Waals surface area contributed by atoms with E-state index in [-0.39, 0.29) is 18.1 Å². The van der Waals surface area contributed by atoms with Crippen LogP contribution in [0.25, 0.3) is 0 Å². The van der Waals surface area contributed by atoms with E-state index < -0.39 is 16.5 Å². The molecule has 2 aromatic rings. The molecule has 0 bridgehead atoms. The van der Waals surface area contributed by atoms with Gasteiger partial charge in [0, 0.05) is 22.6 Å². The Labute approximate surface area is 147 Å². The molecular formula is C17H15N3O4S. The summed E-state index contributed by atoms with van der Waals surface area (Å²) in [6.45, 7) is 0.0214. The summed E-state index contributed by atoms with van der Waals surface area (Å²) in [5.41, 5.74) is 0.405. The number of nitrogens with zero attached hydrogens (tertiary/aromatic N) is 2. The average molecular weight is 357 g/mol. The Hall–Kier alpha value is -2.74. The number of imide groups is 1. The van der Waals surface area contributed by atoms with Gasteiger partial charge >= 0.3 is 6.03 Å². The van der Waals surface area contributed by atoms with Crippen molar-refractivity contribution in [2.45, 2.75) is 31.3 Å². The smallest absolute Gasteiger partial charge is 0.319 e. The van der Waals surface area contributed by atoms with Gasteiger partial charge in [-0.1, -0.05) is 12.1 Å². The molecule has 8 heteroatoms. The second kappa shape index (κ2) is 5.66. The number of urea groups is 1. The molecule has 128 valence electrons. The van der Waals surface area contributed by atoms with Gasteiger partial charge in [0.2, 0.25) is 0 Å². The van der Waals surface area contributed by atoms with Crippen LogP contribution >= 0.6 is 11.3 Å². The van der Waals surface area contributed by atoms with Gasteiger partial charge in [-0.3, -0.25) is 19.8 Å². The van der Waals surface area contributed by atoms with Gasteiger partial charge in [0.1, 0.15) is 5.54 Å². The lowest BCUT2D eigenvalue weighted by Crippen LogP contribution is -2.46. The molecule has 1 N–H and O–H groups in total. The first-order valence-corrected chi connectivity index (χ1v) is 8.83. The van der Waals surface area contributed by atoms with Crippen molar-refractivity contribution < 1.29 is 14.5 Å². The fourth-order valence-electron chi connectivity index (χ4n) is 3.64. The third kappa shape index (κ3) is 2.41. The van der Waals surface area contributed by atoms with E-state index in [1.807, 2.05) is 11.4 Å². The number of benzene rings is 1. The molecule has 1 fully saturated rings. The summed E-state index contributed by atoms with van der Waals surface area (Å²) in [5.74, 6) is -0.275. The van der Waals surface area contributed by atoms with E-state index in [4.69, 9.17) is 0 Å². The summed E-state index contributed by atoms with van der Waals surface area (Å²) >= 11 is 1.60. The van der Waals surface area contributed by atoms with Crippen LogP contribution in [0.5, 0.6) is 0 Å². The molecule has 2 heterocycles. The topological polar surface area (TPSA) is 92.6 Å². The Bertz CT molecular complexity index is 894. The van der Waals surface area contributed by atoms with Gasteiger partial charge in [-0.25, -0.2) is 4.79 Å². The van der Waals surface area contributed by atoms with Crippen molar-refractivity contribution in [1.29, 1.82) is 0 Å². The molecular weight excluding hydrogens is 342 g/mol. The maximum Gasteiger partial charge on any atom is 0.325 e. The number of amides is 3. The van der Waals surface area contributed by atoms with Crippen LogP contribution in [0.1, 0.15) is 28.8 Å². The van der Waals surface area contributed by atoms with Crippen molar-refractivity contribution >= 4 is 29.0 Å². The zero-order chi connectivity index (χ0) is 17.6. The van der Waals surface area contributed by atoms with Crippen LogP contribution in [0.15, 0.2) is 35.7 Å². The zero-order valence-electron chi connectivity index (χ0n) is 13.2. The fourth-order valence-corrected chi connectivity index (χ4v) is 4.64. The van der Waals surface area contributed by atoms with E-state index in [1.165, 1.54) is 12.1 Å². The van der Waals surface area contributed by atoms with Crippen LogP contribution in [0.2, 0.25) is 0 Å². The largest absolute Gasteiger partial charge is 0.325 e. The maximum atomic E-state index is 13.1. The number of fused-ring (bicyclic) bond motifs is 2. The van der Waals surface area contributed by atoms with Crippen molar-refractivity contribution in [3.05, 3.63) is 61.8 Å². The minimum absolute atomic E-state index is 0.0214. The van der Waals surface area contributed by atoms with Crippen LogP contribution in [0.3, 0.4) is 0 Å². The highest BCUT2D eigenvalue weighted by Gasteiger charge is 2.54. The molecule has 0 radical (unpaired) electrons. The van der Waals surface area contributed by atoms with Gasteiger partial charge < -0.3 is 5.32 Å². The molecule has 1 aliphatic heterocycles. The minimum Gasteiger partial charge on any atom is -0.319 e. The molecule has 7 nitrogen and oxygen atoms in total. The maximum absolute atomic E-state index is 13.1. The SMILES string of the molecule is O=C1NC2(CCCc3sccc32)C(=O)N1Cc1cccc([N+](=O)[O-])c1. The Kier molecular flexibility index (Phi) is 3.57. The molecule has 1 aromatic heterocycles. The number of hydrogen-bond acceptors (Lipinski definition) is 5. The number of nitrogens with one attached hydrogen (secondary N) is 1. The van der Waals surface area contributed by atoms with Crippen LogP contribution in [-0.2, 0) is 23.3 Å². The molecule has 1 spiro atoms. The quantitative estimate of drug-likeness (QED) is 0.519. The summed E-state index contributed by atoms with van der Waals surface area (Å²) < 4.78 is 0. The van der Waals surface area contributed by atoms with Crippen molar-refractivity contribution in [2.24, 2.45) is 0 Å². The summed E-state index contributed by atoms with van der Waals surface area (Å²) in [6, 6.07) is 7.47. The second-order valence-corrected chi connectivity index (χ2v) is 7.27. The minimum atomic E-state index is -0.981. The lowest BCUT2D eigenvalue weighted by atomic mass is 9.80. The second-order valence-electron chi connectivity index (χ2n) is 6.26. The van der Waals surface area contributed by atoms with Crippen LogP contribution in [0.4, 0.5) is 10.5 Å². The predicted octanol–water partition coefficient (Wildman–Crippen LogP) is 2.94. The van der Waals surface area contributed by atoms with Crippen LogP contribution < -0.4 is 5.32 Å². The lowest BCUT2D eigenvalue weighted by Gasteiger charge is -2.31. The number of hydrogen-bond donors (Lipinski definition) is 1. The number of nitro benzene ring substituents is 1. The van der Waals surface area contributed by atoms with Gasteiger partial charge in [0.05, 0.1) is 11.5 Å². The van der Waals surface area contributed by atoms with Crippen molar-refractivity contribution in [2.75, 3.05) is 0 Å². The van der Waals surface area contributed by atoms with Gasteiger partial charge in [-0.2, -0.15) is 0 Å².